The summed E-state index contributed by atoms with van der Waals surface area (Å²) < 4.78 is 0.826. The Kier molecular flexibility index (Phi) is 4.55. The molecule has 106 valence electrons. The summed E-state index contributed by atoms with van der Waals surface area (Å²) in [6.45, 7) is 1.89. The number of anilines is 1. The molecule has 1 atom stereocenters. The van der Waals surface area contributed by atoms with Crippen molar-refractivity contribution in [2.45, 2.75) is 13.0 Å². The topological polar surface area (TPSA) is 79.0 Å². The van der Waals surface area contributed by atoms with Crippen LogP contribution in [0.1, 0.15) is 24.1 Å². The molecule has 0 radical (unpaired) electrons. The Labute approximate surface area is 130 Å². The second-order valence-corrected chi connectivity index (χ2v) is 5.44. The first-order valence-electron chi connectivity index (χ1n) is 6.22. The fraction of sp³-hybridized carbons (Fsp3) is 0.133. The van der Waals surface area contributed by atoms with E-state index in [4.69, 9.17) is 5.26 Å². The highest BCUT2D eigenvalue weighted by Crippen LogP contribution is 2.26. The molecule has 0 bridgehead atoms. The Morgan fingerprint density at radius 3 is 2.76 bits per heavy atom. The molecule has 0 fully saturated rings. The van der Waals surface area contributed by atoms with Crippen molar-refractivity contribution >= 4 is 27.3 Å². The third kappa shape index (κ3) is 3.58. The first-order chi connectivity index (χ1) is 10.0. The van der Waals surface area contributed by atoms with Crippen molar-refractivity contribution in [3.63, 3.8) is 0 Å². The summed E-state index contributed by atoms with van der Waals surface area (Å²) in [6, 6.07) is 13.8. The second kappa shape index (κ2) is 6.37. The van der Waals surface area contributed by atoms with Crippen LogP contribution in [0.3, 0.4) is 0 Å². The molecule has 0 saturated carbocycles. The molecule has 0 saturated heterocycles. The van der Waals surface area contributed by atoms with Gasteiger partial charge in [0.1, 0.15) is 6.07 Å². The van der Waals surface area contributed by atoms with E-state index in [0.29, 0.717) is 11.3 Å². The third-order valence-electron chi connectivity index (χ3n) is 3.06. The smallest absolute Gasteiger partial charge is 0.269 e. The van der Waals surface area contributed by atoms with Crippen LogP contribution < -0.4 is 5.32 Å². The Balaban J connectivity index is 2.26. The highest BCUT2D eigenvalue weighted by Gasteiger charge is 2.12. The standard InChI is InChI=1S/C15H12BrN3O2/c1-10(11-3-2-4-14(8-11)19(20)21)18-15-6-5-13(16)7-12(15)9-17/h2-8,10,18H,1H3. The molecule has 0 aliphatic carbocycles. The maximum Gasteiger partial charge on any atom is 0.269 e. The van der Waals surface area contributed by atoms with E-state index in [-0.39, 0.29) is 11.7 Å². The lowest BCUT2D eigenvalue weighted by atomic mass is 10.1. The minimum Gasteiger partial charge on any atom is -0.377 e. The van der Waals surface area contributed by atoms with Crippen LogP contribution in [0.15, 0.2) is 46.9 Å². The number of nitrogens with one attached hydrogen (secondary N) is 1. The van der Waals surface area contributed by atoms with Crippen molar-refractivity contribution in [3.05, 3.63) is 68.2 Å². The zero-order valence-corrected chi connectivity index (χ0v) is 12.8. The van der Waals surface area contributed by atoms with Crippen LogP contribution in [0.5, 0.6) is 0 Å². The molecule has 5 nitrogen and oxygen atoms in total. The first-order valence-corrected chi connectivity index (χ1v) is 7.01. The van der Waals surface area contributed by atoms with Gasteiger partial charge in [-0.05, 0) is 30.7 Å². The SMILES string of the molecule is CC(Nc1ccc(Br)cc1C#N)c1cccc([N+](=O)[O-])c1. The van der Waals surface area contributed by atoms with Gasteiger partial charge in [-0.2, -0.15) is 5.26 Å². The molecule has 6 heteroatoms. The average Bonchev–Trinajstić information content (AvgIpc) is 2.49. The largest absolute Gasteiger partial charge is 0.377 e. The summed E-state index contributed by atoms with van der Waals surface area (Å²) >= 11 is 3.32. The number of benzene rings is 2. The van der Waals surface area contributed by atoms with Gasteiger partial charge < -0.3 is 5.32 Å². The quantitative estimate of drug-likeness (QED) is 0.657. The van der Waals surface area contributed by atoms with Gasteiger partial charge in [0, 0.05) is 22.6 Å². The molecule has 2 aromatic rings. The molecule has 0 heterocycles. The fourth-order valence-electron chi connectivity index (χ4n) is 1.96. The van der Waals surface area contributed by atoms with E-state index in [1.165, 1.54) is 12.1 Å². The van der Waals surface area contributed by atoms with Gasteiger partial charge in [-0.15, -0.1) is 0 Å². The average molecular weight is 346 g/mol. The van der Waals surface area contributed by atoms with E-state index in [9.17, 15) is 10.1 Å². The zero-order chi connectivity index (χ0) is 15.4. The number of nitro benzene ring substituents is 1. The Bertz CT molecular complexity index is 725. The summed E-state index contributed by atoms with van der Waals surface area (Å²) in [7, 11) is 0. The number of halogens is 1. The maximum absolute atomic E-state index is 10.8. The lowest BCUT2D eigenvalue weighted by Gasteiger charge is -2.16. The number of hydrogen-bond donors (Lipinski definition) is 1. The van der Waals surface area contributed by atoms with Crippen LogP contribution in [-0.4, -0.2) is 4.92 Å². The fourth-order valence-corrected chi connectivity index (χ4v) is 2.32. The molecule has 0 aromatic heterocycles. The van der Waals surface area contributed by atoms with E-state index in [0.717, 1.165) is 10.0 Å². The Morgan fingerprint density at radius 1 is 1.33 bits per heavy atom. The first kappa shape index (κ1) is 15.0. The van der Waals surface area contributed by atoms with Gasteiger partial charge in [0.25, 0.3) is 5.69 Å². The molecule has 2 aromatic carbocycles. The molecule has 0 spiro atoms. The van der Waals surface area contributed by atoms with E-state index in [1.807, 2.05) is 19.1 Å². The molecule has 21 heavy (non-hydrogen) atoms. The number of non-ortho nitro benzene ring substituents is 1. The van der Waals surface area contributed by atoms with Crippen LogP contribution >= 0.6 is 15.9 Å². The van der Waals surface area contributed by atoms with Gasteiger partial charge in [0.15, 0.2) is 0 Å². The van der Waals surface area contributed by atoms with Gasteiger partial charge in [-0.1, -0.05) is 28.1 Å². The lowest BCUT2D eigenvalue weighted by Crippen LogP contribution is -2.08. The zero-order valence-electron chi connectivity index (χ0n) is 11.2. The molecule has 1 N–H and O–H groups in total. The molecule has 0 aliphatic heterocycles. The van der Waals surface area contributed by atoms with Crippen molar-refractivity contribution < 1.29 is 4.92 Å². The molecular formula is C15H12BrN3O2. The third-order valence-corrected chi connectivity index (χ3v) is 3.55. The predicted octanol–water partition coefficient (Wildman–Crippen LogP) is 4.40. The number of hydrogen-bond acceptors (Lipinski definition) is 4. The van der Waals surface area contributed by atoms with E-state index in [2.05, 4.69) is 27.3 Å². The Hall–Kier alpha value is -2.39. The van der Waals surface area contributed by atoms with E-state index >= 15 is 0 Å². The van der Waals surface area contributed by atoms with Crippen LogP contribution in [0.2, 0.25) is 0 Å². The van der Waals surface area contributed by atoms with Gasteiger partial charge in [-0.3, -0.25) is 10.1 Å². The van der Waals surface area contributed by atoms with E-state index in [1.54, 1.807) is 18.2 Å². The summed E-state index contributed by atoms with van der Waals surface area (Å²) in [5.74, 6) is 0. The highest BCUT2D eigenvalue weighted by atomic mass is 79.9. The molecule has 0 amide bonds. The maximum atomic E-state index is 10.8. The monoisotopic (exact) mass is 345 g/mol. The molecular weight excluding hydrogens is 334 g/mol. The van der Waals surface area contributed by atoms with Crippen LogP contribution in [0.25, 0.3) is 0 Å². The number of rotatable bonds is 4. The van der Waals surface area contributed by atoms with Gasteiger partial charge in [-0.25, -0.2) is 0 Å². The predicted molar refractivity (Wildman–Crippen MR) is 84.0 cm³/mol. The summed E-state index contributed by atoms with van der Waals surface area (Å²) in [6.07, 6.45) is 0. The minimum absolute atomic E-state index is 0.0532. The summed E-state index contributed by atoms with van der Waals surface area (Å²) in [5.41, 5.74) is 2.05. The van der Waals surface area contributed by atoms with Crippen molar-refractivity contribution in [2.75, 3.05) is 5.32 Å². The minimum atomic E-state index is -0.420. The van der Waals surface area contributed by atoms with Crippen molar-refractivity contribution in [3.8, 4) is 6.07 Å². The second-order valence-electron chi connectivity index (χ2n) is 4.52. The van der Waals surface area contributed by atoms with E-state index < -0.39 is 4.92 Å². The normalized spacial score (nSPS) is 11.5. The Morgan fingerprint density at radius 2 is 2.10 bits per heavy atom. The van der Waals surface area contributed by atoms with Gasteiger partial charge in [0.2, 0.25) is 0 Å². The van der Waals surface area contributed by atoms with Crippen LogP contribution in [-0.2, 0) is 0 Å². The number of nitro groups is 1. The van der Waals surface area contributed by atoms with Crippen molar-refractivity contribution in [1.82, 2.24) is 0 Å². The number of nitrogens with zero attached hydrogens (tertiary/aromatic N) is 2. The molecule has 2 rings (SSSR count). The molecule has 1 unspecified atom stereocenters. The molecule has 0 aliphatic rings. The number of nitriles is 1. The summed E-state index contributed by atoms with van der Waals surface area (Å²) in [4.78, 5) is 10.4. The highest BCUT2D eigenvalue weighted by molar-refractivity contribution is 9.10. The lowest BCUT2D eigenvalue weighted by molar-refractivity contribution is -0.384. The van der Waals surface area contributed by atoms with Gasteiger partial charge >= 0.3 is 0 Å². The van der Waals surface area contributed by atoms with Gasteiger partial charge in [0.05, 0.1) is 16.2 Å². The van der Waals surface area contributed by atoms with Crippen molar-refractivity contribution in [1.29, 1.82) is 5.26 Å². The summed E-state index contributed by atoms with van der Waals surface area (Å²) in [5, 5.41) is 23.2. The van der Waals surface area contributed by atoms with Crippen LogP contribution in [0, 0.1) is 21.4 Å². The van der Waals surface area contributed by atoms with Crippen molar-refractivity contribution in [2.24, 2.45) is 0 Å². The van der Waals surface area contributed by atoms with Crippen LogP contribution in [0.4, 0.5) is 11.4 Å².